The molecular weight excluding hydrogens is 282 g/mol. The highest BCUT2D eigenvalue weighted by atomic mass is 16.5. The Bertz CT molecular complexity index is 828. The summed E-state index contributed by atoms with van der Waals surface area (Å²) in [6, 6.07) is 11.2. The van der Waals surface area contributed by atoms with E-state index >= 15 is 0 Å². The van der Waals surface area contributed by atoms with E-state index in [0.717, 1.165) is 17.1 Å². The maximum absolute atomic E-state index is 11.6. The topological polar surface area (TPSA) is 81.4 Å². The lowest BCUT2D eigenvalue weighted by Gasteiger charge is -2.07. The molecule has 0 saturated heterocycles. The highest BCUT2D eigenvalue weighted by molar-refractivity contribution is 5.92. The molecule has 0 aliphatic carbocycles. The van der Waals surface area contributed by atoms with Gasteiger partial charge in [-0.1, -0.05) is 12.1 Å². The SMILES string of the molecule is COCC(=O)Nc1cccc(-c2ccc3nnc(C)n3n2)c1. The number of benzene rings is 1. The van der Waals surface area contributed by atoms with Crippen molar-refractivity contribution in [3.8, 4) is 11.3 Å². The standard InChI is InChI=1S/C15H15N5O2/c1-10-17-18-14-7-6-13(19-20(10)14)11-4-3-5-12(8-11)16-15(21)9-22-2/h3-8H,9H2,1-2H3,(H,16,21). The van der Waals surface area contributed by atoms with Gasteiger partial charge in [0.1, 0.15) is 6.61 Å². The summed E-state index contributed by atoms with van der Waals surface area (Å²) in [6.07, 6.45) is 0. The van der Waals surface area contributed by atoms with E-state index in [1.165, 1.54) is 7.11 Å². The molecule has 3 aromatic rings. The lowest BCUT2D eigenvalue weighted by Crippen LogP contribution is -2.17. The van der Waals surface area contributed by atoms with E-state index in [2.05, 4.69) is 20.6 Å². The van der Waals surface area contributed by atoms with E-state index < -0.39 is 0 Å². The normalized spacial score (nSPS) is 10.8. The number of nitrogens with zero attached hydrogens (tertiary/aromatic N) is 4. The van der Waals surface area contributed by atoms with Crippen LogP contribution in [0.2, 0.25) is 0 Å². The molecule has 22 heavy (non-hydrogen) atoms. The first-order valence-electron chi connectivity index (χ1n) is 6.75. The highest BCUT2D eigenvalue weighted by Gasteiger charge is 2.07. The van der Waals surface area contributed by atoms with Crippen LogP contribution >= 0.6 is 0 Å². The van der Waals surface area contributed by atoms with Gasteiger partial charge < -0.3 is 10.1 Å². The van der Waals surface area contributed by atoms with E-state index in [0.29, 0.717) is 11.3 Å². The monoisotopic (exact) mass is 297 g/mol. The largest absolute Gasteiger partial charge is 0.375 e. The van der Waals surface area contributed by atoms with E-state index in [1.807, 2.05) is 43.3 Å². The number of aryl methyl sites for hydroxylation is 1. The fourth-order valence-corrected chi connectivity index (χ4v) is 2.13. The molecule has 0 radical (unpaired) electrons. The number of rotatable bonds is 4. The van der Waals surface area contributed by atoms with Crippen molar-refractivity contribution in [3.05, 3.63) is 42.2 Å². The summed E-state index contributed by atoms with van der Waals surface area (Å²) in [4.78, 5) is 11.6. The van der Waals surface area contributed by atoms with Crippen molar-refractivity contribution in [2.45, 2.75) is 6.92 Å². The van der Waals surface area contributed by atoms with Crippen LogP contribution in [0.5, 0.6) is 0 Å². The first kappa shape index (κ1) is 14.2. The minimum atomic E-state index is -0.197. The summed E-state index contributed by atoms with van der Waals surface area (Å²) in [5.41, 5.74) is 3.07. The minimum Gasteiger partial charge on any atom is -0.375 e. The molecule has 2 heterocycles. The van der Waals surface area contributed by atoms with Gasteiger partial charge in [-0.15, -0.1) is 10.2 Å². The average Bonchev–Trinajstić information content (AvgIpc) is 2.89. The average molecular weight is 297 g/mol. The molecule has 0 unspecified atom stereocenters. The van der Waals surface area contributed by atoms with Crippen molar-refractivity contribution in [2.24, 2.45) is 0 Å². The molecule has 0 fully saturated rings. The summed E-state index contributed by atoms with van der Waals surface area (Å²) in [6.45, 7) is 1.87. The van der Waals surface area contributed by atoms with E-state index in [-0.39, 0.29) is 12.5 Å². The molecule has 0 aliphatic heterocycles. The Kier molecular flexibility index (Phi) is 3.80. The highest BCUT2D eigenvalue weighted by Crippen LogP contribution is 2.21. The molecule has 0 saturated carbocycles. The number of carbonyl (C=O) groups excluding carboxylic acids is 1. The fourth-order valence-electron chi connectivity index (χ4n) is 2.13. The van der Waals surface area contributed by atoms with Crippen molar-refractivity contribution in [1.29, 1.82) is 0 Å². The van der Waals surface area contributed by atoms with Gasteiger partial charge in [0.25, 0.3) is 0 Å². The summed E-state index contributed by atoms with van der Waals surface area (Å²) in [7, 11) is 1.48. The van der Waals surface area contributed by atoms with Gasteiger partial charge in [-0.05, 0) is 31.2 Å². The van der Waals surface area contributed by atoms with Gasteiger partial charge in [0.2, 0.25) is 5.91 Å². The number of hydrogen-bond donors (Lipinski definition) is 1. The molecule has 7 heteroatoms. The number of fused-ring (bicyclic) bond motifs is 1. The second-order valence-electron chi connectivity index (χ2n) is 4.80. The first-order valence-corrected chi connectivity index (χ1v) is 6.75. The van der Waals surface area contributed by atoms with E-state index in [4.69, 9.17) is 4.74 Å². The Labute approximate surface area is 126 Å². The first-order chi connectivity index (χ1) is 10.7. The zero-order chi connectivity index (χ0) is 15.5. The Morgan fingerprint density at radius 2 is 2.14 bits per heavy atom. The van der Waals surface area contributed by atoms with Crippen molar-refractivity contribution in [2.75, 3.05) is 19.0 Å². The van der Waals surface area contributed by atoms with Gasteiger partial charge in [0, 0.05) is 18.4 Å². The molecule has 2 aromatic heterocycles. The maximum atomic E-state index is 11.6. The third-order valence-corrected chi connectivity index (χ3v) is 3.14. The number of methoxy groups -OCH3 is 1. The van der Waals surface area contributed by atoms with Crippen LogP contribution in [-0.4, -0.2) is 39.4 Å². The molecule has 1 aromatic carbocycles. The fraction of sp³-hybridized carbons (Fsp3) is 0.200. The Hall–Kier alpha value is -2.80. The molecule has 0 atom stereocenters. The predicted octanol–water partition coefficient (Wildman–Crippen LogP) is 1.68. The van der Waals surface area contributed by atoms with Crippen LogP contribution in [0.15, 0.2) is 36.4 Å². The van der Waals surface area contributed by atoms with Crippen LogP contribution in [0, 0.1) is 6.92 Å². The molecule has 7 nitrogen and oxygen atoms in total. The van der Waals surface area contributed by atoms with Crippen LogP contribution in [0.1, 0.15) is 5.82 Å². The van der Waals surface area contributed by atoms with Crippen LogP contribution in [-0.2, 0) is 9.53 Å². The lowest BCUT2D eigenvalue weighted by atomic mass is 10.1. The zero-order valence-corrected chi connectivity index (χ0v) is 12.3. The summed E-state index contributed by atoms with van der Waals surface area (Å²) in [5, 5.41) is 15.3. The zero-order valence-electron chi connectivity index (χ0n) is 12.3. The summed E-state index contributed by atoms with van der Waals surface area (Å²) < 4.78 is 6.49. The number of ether oxygens (including phenoxy) is 1. The second kappa shape index (κ2) is 5.90. The number of amides is 1. The number of anilines is 1. The van der Waals surface area contributed by atoms with Gasteiger partial charge in [-0.3, -0.25) is 4.79 Å². The Morgan fingerprint density at radius 1 is 1.27 bits per heavy atom. The van der Waals surface area contributed by atoms with Gasteiger partial charge in [0.05, 0.1) is 5.69 Å². The Balaban J connectivity index is 1.92. The summed E-state index contributed by atoms with van der Waals surface area (Å²) >= 11 is 0. The van der Waals surface area contributed by atoms with Crippen LogP contribution < -0.4 is 5.32 Å². The third-order valence-electron chi connectivity index (χ3n) is 3.14. The number of nitrogens with one attached hydrogen (secondary N) is 1. The van der Waals surface area contributed by atoms with Gasteiger partial charge in [-0.25, -0.2) is 0 Å². The number of aromatic nitrogens is 4. The van der Waals surface area contributed by atoms with Gasteiger partial charge in [-0.2, -0.15) is 9.61 Å². The number of carbonyl (C=O) groups is 1. The second-order valence-corrected chi connectivity index (χ2v) is 4.80. The summed E-state index contributed by atoms with van der Waals surface area (Å²) in [5.74, 6) is 0.527. The molecule has 1 N–H and O–H groups in total. The number of hydrogen-bond acceptors (Lipinski definition) is 5. The Morgan fingerprint density at radius 3 is 2.95 bits per heavy atom. The lowest BCUT2D eigenvalue weighted by molar-refractivity contribution is -0.119. The van der Waals surface area contributed by atoms with E-state index in [9.17, 15) is 4.79 Å². The smallest absolute Gasteiger partial charge is 0.250 e. The molecule has 3 rings (SSSR count). The maximum Gasteiger partial charge on any atom is 0.250 e. The van der Waals surface area contributed by atoms with Gasteiger partial charge >= 0.3 is 0 Å². The third kappa shape index (κ3) is 2.79. The quantitative estimate of drug-likeness (QED) is 0.792. The molecular formula is C15H15N5O2. The predicted molar refractivity (Wildman–Crippen MR) is 81.5 cm³/mol. The van der Waals surface area contributed by atoms with Crippen LogP contribution in [0.25, 0.3) is 16.9 Å². The molecule has 0 bridgehead atoms. The van der Waals surface area contributed by atoms with Crippen LogP contribution in [0.4, 0.5) is 5.69 Å². The van der Waals surface area contributed by atoms with Crippen molar-refractivity contribution < 1.29 is 9.53 Å². The van der Waals surface area contributed by atoms with Crippen molar-refractivity contribution >= 4 is 17.2 Å². The van der Waals surface area contributed by atoms with Gasteiger partial charge in [0.15, 0.2) is 11.5 Å². The molecule has 1 amide bonds. The minimum absolute atomic E-state index is 0.0222. The molecule has 112 valence electrons. The molecule has 0 spiro atoms. The molecule has 0 aliphatic rings. The van der Waals surface area contributed by atoms with Crippen molar-refractivity contribution in [1.82, 2.24) is 19.8 Å². The van der Waals surface area contributed by atoms with Crippen molar-refractivity contribution in [3.63, 3.8) is 0 Å². The van der Waals surface area contributed by atoms with Crippen LogP contribution in [0.3, 0.4) is 0 Å². The van der Waals surface area contributed by atoms with E-state index in [1.54, 1.807) is 4.52 Å².